The van der Waals surface area contributed by atoms with E-state index in [2.05, 4.69) is 37.7 Å². The summed E-state index contributed by atoms with van der Waals surface area (Å²) in [5.74, 6) is -3.07. The zero-order valence-electron chi connectivity index (χ0n) is 34.4. The number of nitrogens with zero attached hydrogens (tertiary/aromatic N) is 5. The predicted octanol–water partition coefficient (Wildman–Crippen LogP) is 4.00. The number of nitrogens with two attached hydrogens (primary N) is 2. The zero-order chi connectivity index (χ0) is 43.7. The monoisotopic (exact) mass is 869 g/mol. The summed E-state index contributed by atoms with van der Waals surface area (Å²) in [7, 11) is 0. The van der Waals surface area contributed by atoms with Crippen molar-refractivity contribution in [1.29, 1.82) is 0 Å². The molecule has 0 aliphatic carbocycles. The number of aryl methyl sites for hydroxylation is 1. The van der Waals surface area contributed by atoms with Crippen LogP contribution in [0.4, 0.5) is 11.1 Å². The van der Waals surface area contributed by atoms with E-state index in [1.807, 2.05) is 22.8 Å². The third-order valence-electron chi connectivity index (χ3n) is 9.65. The van der Waals surface area contributed by atoms with Gasteiger partial charge in [0, 0.05) is 47.5 Å². The number of rotatable bonds is 23. The first-order chi connectivity index (χ1) is 28.7. The molecule has 60 heavy (non-hydrogen) atoms. The molecule has 2 aliphatic heterocycles. The van der Waals surface area contributed by atoms with Gasteiger partial charge in [-0.05, 0) is 33.1 Å². The number of amides is 3. The lowest BCUT2D eigenvalue weighted by Crippen LogP contribution is -2.71. The molecule has 18 nitrogen and oxygen atoms in total. The first-order valence-corrected chi connectivity index (χ1v) is 22.1. The van der Waals surface area contributed by atoms with Crippen molar-refractivity contribution in [1.82, 2.24) is 30.5 Å². The summed E-state index contributed by atoms with van der Waals surface area (Å²) in [4.78, 5) is 78.5. The van der Waals surface area contributed by atoms with Crippen LogP contribution in [-0.2, 0) is 41.8 Å². The van der Waals surface area contributed by atoms with E-state index >= 15 is 0 Å². The summed E-state index contributed by atoms with van der Waals surface area (Å²) in [6, 6.07) is 4.44. The minimum atomic E-state index is -1.75. The molecule has 3 amide bonds. The van der Waals surface area contributed by atoms with E-state index in [0.717, 1.165) is 42.8 Å². The molecule has 3 aromatic heterocycles. The Morgan fingerprint density at radius 1 is 1.03 bits per heavy atom. The summed E-state index contributed by atoms with van der Waals surface area (Å²) in [6.45, 7) is 5.86. The SMILES string of the molecule is CC(C)(O/N=C(\C(=O)N[C@@H]1C(=O)N2C(C(=O)O)=C(C[n+]3ccccc3)CS[C@H]12)c1csc(N)n1)C(=O)O.CCCCCCCCCCCNC(=O)CCCc1cnc(N)[nH]1. The fourth-order valence-corrected chi connectivity index (χ4v) is 8.15. The number of aromatic amines is 1. The number of carbonyl (C=O) groups is 5. The van der Waals surface area contributed by atoms with Crippen molar-refractivity contribution in [2.24, 2.45) is 5.16 Å². The topological polar surface area (TPSA) is 272 Å². The smallest absolute Gasteiger partial charge is 0.352 e. The number of thiazole rings is 1. The average Bonchev–Trinajstić information content (AvgIpc) is 3.84. The molecule has 5 rings (SSSR count). The van der Waals surface area contributed by atoms with Gasteiger partial charge in [-0.1, -0.05) is 69.5 Å². The second kappa shape index (κ2) is 23.3. The number of nitrogen functional groups attached to an aromatic ring is 2. The molecule has 0 saturated carbocycles. The molecule has 1 saturated heterocycles. The zero-order valence-corrected chi connectivity index (χ0v) is 36.0. The molecule has 0 unspecified atom stereocenters. The number of β-lactam (4-membered cyclic amide) rings is 1. The molecule has 0 spiro atoms. The Hall–Kier alpha value is -5.50. The number of carbonyl (C=O) groups excluding carboxylic acids is 3. The van der Waals surface area contributed by atoms with Gasteiger partial charge in [0.1, 0.15) is 22.8 Å². The molecule has 1 fully saturated rings. The molecule has 9 N–H and O–H groups in total. The summed E-state index contributed by atoms with van der Waals surface area (Å²) < 4.78 is 1.81. The second-order valence-electron chi connectivity index (χ2n) is 14.9. The van der Waals surface area contributed by atoms with Crippen LogP contribution < -0.4 is 26.7 Å². The number of imidazole rings is 1. The maximum Gasteiger partial charge on any atom is 0.352 e. The van der Waals surface area contributed by atoms with E-state index in [1.54, 1.807) is 18.6 Å². The lowest BCUT2D eigenvalue weighted by atomic mass is 10.0. The predicted molar refractivity (Wildman–Crippen MR) is 228 cm³/mol. The number of nitrogens with one attached hydrogen (secondary N) is 3. The third kappa shape index (κ3) is 14.1. The number of fused-ring (bicyclic) bond motifs is 1. The average molecular weight is 870 g/mol. The van der Waals surface area contributed by atoms with E-state index in [1.165, 1.54) is 87.3 Å². The number of H-pyrrole nitrogens is 1. The van der Waals surface area contributed by atoms with Gasteiger partial charge in [0.05, 0.1) is 6.20 Å². The van der Waals surface area contributed by atoms with Crippen molar-refractivity contribution in [3.63, 3.8) is 0 Å². The molecule has 5 heterocycles. The first-order valence-electron chi connectivity index (χ1n) is 20.1. The molecule has 20 heteroatoms. The molecular weight excluding hydrogens is 813 g/mol. The highest BCUT2D eigenvalue weighted by molar-refractivity contribution is 8.00. The maximum atomic E-state index is 13.1. The number of oxime groups is 1. The van der Waals surface area contributed by atoms with E-state index in [4.69, 9.17) is 16.3 Å². The minimum absolute atomic E-state index is 0.0365. The molecule has 326 valence electrons. The van der Waals surface area contributed by atoms with Gasteiger partial charge < -0.3 is 42.1 Å². The lowest BCUT2D eigenvalue weighted by molar-refractivity contribution is -0.689. The second-order valence-corrected chi connectivity index (χ2v) is 16.9. The van der Waals surface area contributed by atoms with Gasteiger partial charge in [0.2, 0.25) is 11.5 Å². The highest BCUT2D eigenvalue weighted by Gasteiger charge is 2.55. The Morgan fingerprint density at radius 3 is 2.32 bits per heavy atom. The number of carboxylic acids is 2. The van der Waals surface area contributed by atoms with Crippen LogP contribution in [0, 0.1) is 0 Å². The Kier molecular flexibility index (Phi) is 18.3. The van der Waals surface area contributed by atoms with Gasteiger partial charge in [-0.25, -0.2) is 24.1 Å². The number of unbranched alkanes of at least 4 members (excludes halogenated alkanes) is 8. The van der Waals surface area contributed by atoms with E-state index in [9.17, 15) is 34.2 Å². The van der Waals surface area contributed by atoms with Crippen LogP contribution in [0.1, 0.15) is 103 Å². The molecule has 0 bridgehead atoms. The van der Waals surface area contributed by atoms with Gasteiger partial charge >= 0.3 is 11.9 Å². The number of pyridine rings is 1. The fraction of sp³-hybridized carbons (Fsp3) is 0.525. The van der Waals surface area contributed by atoms with Crippen molar-refractivity contribution >= 4 is 69.6 Å². The van der Waals surface area contributed by atoms with Crippen LogP contribution in [0.25, 0.3) is 0 Å². The van der Waals surface area contributed by atoms with Gasteiger partial charge in [-0.2, -0.15) is 0 Å². The largest absolute Gasteiger partial charge is 0.478 e. The first kappa shape index (κ1) is 47.2. The summed E-state index contributed by atoms with van der Waals surface area (Å²) >= 11 is 2.35. The van der Waals surface area contributed by atoms with Crippen molar-refractivity contribution < 1.29 is 43.6 Å². The van der Waals surface area contributed by atoms with E-state index in [0.29, 0.717) is 30.2 Å². The Balaban J connectivity index is 0.000000297. The number of aliphatic carboxylic acids is 2. The summed E-state index contributed by atoms with van der Waals surface area (Å²) in [6.07, 6.45) is 19.3. The van der Waals surface area contributed by atoms with Gasteiger partial charge in [-0.3, -0.25) is 19.3 Å². The van der Waals surface area contributed by atoms with Crippen molar-refractivity contribution in [2.75, 3.05) is 23.8 Å². The number of hydrogen-bond donors (Lipinski definition) is 7. The maximum absolute atomic E-state index is 13.1. The van der Waals surface area contributed by atoms with Crippen molar-refractivity contribution in [3.05, 3.63) is 64.8 Å². The Morgan fingerprint density at radius 2 is 1.72 bits per heavy atom. The van der Waals surface area contributed by atoms with Crippen LogP contribution >= 0.6 is 23.1 Å². The molecule has 0 radical (unpaired) electrons. The normalized spacial score (nSPS) is 16.3. The quantitative estimate of drug-likeness (QED) is 0.0234. The van der Waals surface area contributed by atoms with Crippen LogP contribution in [-0.4, -0.2) is 94.8 Å². The van der Waals surface area contributed by atoms with E-state index in [-0.39, 0.29) is 28.1 Å². The molecule has 2 atom stereocenters. The highest BCUT2D eigenvalue weighted by atomic mass is 32.2. The lowest BCUT2D eigenvalue weighted by Gasteiger charge is -2.49. The third-order valence-corrected chi connectivity index (χ3v) is 11.7. The number of hydrogen-bond acceptors (Lipinski definition) is 13. The number of thioether (sulfide) groups is 1. The number of aromatic nitrogens is 4. The van der Waals surface area contributed by atoms with Gasteiger partial charge in [0.15, 0.2) is 35.7 Å². The summed E-state index contributed by atoms with van der Waals surface area (Å²) in [5.41, 5.74) is 10.5. The summed E-state index contributed by atoms with van der Waals surface area (Å²) in [5, 5.41) is 29.3. The molecule has 3 aromatic rings. The van der Waals surface area contributed by atoms with E-state index < -0.39 is 40.8 Å². The van der Waals surface area contributed by atoms with Crippen LogP contribution in [0.5, 0.6) is 0 Å². The number of anilines is 2. The van der Waals surface area contributed by atoms with Crippen LogP contribution in [0.15, 0.2) is 58.6 Å². The van der Waals surface area contributed by atoms with Gasteiger partial charge in [0.25, 0.3) is 11.8 Å². The van der Waals surface area contributed by atoms with Crippen molar-refractivity contribution in [2.45, 2.75) is 121 Å². The Bertz CT molecular complexity index is 1980. The highest BCUT2D eigenvalue weighted by Crippen LogP contribution is 2.40. The van der Waals surface area contributed by atoms with Crippen LogP contribution in [0.3, 0.4) is 0 Å². The van der Waals surface area contributed by atoms with Crippen LogP contribution in [0.2, 0.25) is 0 Å². The molecule has 0 aromatic carbocycles. The molecular formula is C40H57N10O8S2+. The standard InChI is InChI=1S/C22H22N6O7S2.C18H34N4O/c1-22(2,20(33)34)35-26-13(12-10-37-21(23)24-12)16(29)25-14-17(30)28-15(19(31)32)11(9-36-18(14)28)8-27-6-4-3-5-7-27;1-2-3-4-5-6-7-8-9-10-14-20-17(23)13-11-12-16-15-21-18(19)22-16/h3-7,10,14,18H,8-9H2,1-2H3,(H4-,23,24,25,29,31,32,33,34);15H,2-14H2,1H3,(H,20,23)(H3,19,21,22)/p+1/b26-13-;/t14-,18-;/m1./s1. The Labute approximate surface area is 357 Å². The molecule has 2 aliphatic rings. The van der Waals surface area contributed by atoms with Gasteiger partial charge in [-0.15, -0.1) is 23.1 Å². The number of carboxylic acid groups (broad SMARTS) is 2. The minimum Gasteiger partial charge on any atom is -0.478 e. The fourth-order valence-electron chi connectivity index (χ4n) is 6.27. The van der Waals surface area contributed by atoms with Crippen molar-refractivity contribution in [3.8, 4) is 0 Å².